The quantitative estimate of drug-likeness (QED) is 0.625. The van der Waals surface area contributed by atoms with Crippen molar-refractivity contribution in [1.82, 2.24) is 25.9 Å². The van der Waals surface area contributed by atoms with Gasteiger partial charge in [-0.15, -0.1) is 0 Å². The van der Waals surface area contributed by atoms with E-state index in [4.69, 9.17) is 0 Å². The van der Waals surface area contributed by atoms with Crippen molar-refractivity contribution in [2.24, 2.45) is 0 Å². The van der Waals surface area contributed by atoms with Gasteiger partial charge in [0.2, 0.25) is 0 Å². The first-order chi connectivity index (χ1) is 11.5. The number of benzene rings is 1. The van der Waals surface area contributed by atoms with E-state index in [9.17, 15) is 14.7 Å². The summed E-state index contributed by atoms with van der Waals surface area (Å²) >= 11 is 0. The average Bonchev–Trinajstić information content (AvgIpc) is 2.95. The van der Waals surface area contributed by atoms with Crippen LogP contribution < -0.4 is 16.2 Å². The molecular formula is C16H21N5O3. The normalized spacial score (nSPS) is 11.6. The summed E-state index contributed by atoms with van der Waals surface area (Å²) < 4.78 is 1.38. The van der Waals surface area contributed by atoms with Crippen molar-refractivity contribution in [2.45, 2.75) is 32.7 Å². The number of rotatable bonds is 5. The van der Waals surface area contributed by atoms with Gasteiger partial charge < -0.3 is 10.4 Å². The Labute approximate surface area is 139 Å². The lowest BCUT2D eigenvalue weighted by atomic mass is 10.2. The second-order valence-corrected chi connectivity index (χ2v) is 5.39. The standard InChI is InChI=1S/C16H21N5O3/c1-3-7-11(2)17-16(24)19-18-15(23)14-13(22)10-21(20-14)12-8-5-4-6-9-12/h4-6,8-11,22H,3,7H2,1-2H3,(H,18,23)(H2,17,19,24). The van der Waals surface area contributed by atoms with Crippen LogP contribution in [0, 0.1) is 0 Å². The predicted octanol–water partition coefficient (Wildman–Crippen LogP) is 1.71. The minimum absolute atomic E-state index is 0.00223. The van der Waals surface area contributed by atoms with Gasteiger partial charge in [-0.1, -0.05) is 31.5 Å². The minimum Gasteiger partial charge on any atom is -0.504 e. The van der Waals surface area contributed by atoms with E-state index in [0.717, 1.165) is 12.8 Å². The maximum Gasteiger partial charge on any atom is 0.333 e. The number of carbonyl (C=O) groups excluding carboxylic acids is 2. The van der Waals surface area contributed by atoms with Crippen LogP contribution in [0.3, 0.4) is 0 Å². The van der Waals surface area contributed by atoms with Gasteiger partial charge in [-0.25, -0.2) is 14.9 Å². The topological polar surface area (TPSA) is 108 Å². The van der Waals surface area contributed by atoms with E-state index in [1.807, 2.05) is 32.0 Å². The van der Waals surface area contributed by atoms with Crippen LogP contribution in [0.15, 0.2) is 36.5 Å². The van der Waals surface area contributed by atoms with Gasteiger partial charge in [-0.2, -0.15) is 5.10 Å². The second kappa shape index (κ2) is 8.00. The molecule has 0 bridgehead atoms. The molecule has 24 heavy (non-hydrogen) atoms. The minimum atomic E-state index is -0.708. The van der Waals surface area contributed by atoms with Crippen LogP contribution in [0.2, 0.25) is 0 Å². The molecule has 0 aliphatic carbocycles. The van der Waals surface area contributed by atoms with Crippen LogP contribution >= 0.6 is 0 Å². The van der Waals surface area contributed by atoms with Gasteiger partial charge in [0, 0.05) is 6.04 Å². The van der Waals surface area contributed by atoms with E-state index in [1.165, 1.54) is 10.9 Å². The fraction of sp³-hybridized carbons (Fsp3) is 0.312. The van der Waals surface area contributed by atoms with E-state index >= 15 is 0 Å². The van der Waals surface area contributed by atoms with E-state index in [-0.39, 0.29) is 17.5 Å². The lowest BCUT2D eigenvalue weighted by molar-refractivity contribution is 0.0927. The number of hydrogen-bond donors (Lipinski definition) is 4. The Morgan fingerprint density at radius 3 is 2.62 bits per heavy atom. The first-order valence-electron chi connectivity index (χ1n) is 7.72. The lowest BCUT2D eigenvalue weighted by Crippen LogP contribution is -2.49. The van der Waals surface area contributed by atoms with Gasteiger partial charge in [-0.05, 0) is 25.5 Å². The molecule has 0 saturated carbocycles. The molecule has 3 amide bonds. The summed E-state index contributed by atoms with van der Waals surface area (Å²) in [5.41, 5.74) is 4.97. The first-order valence-corrected chi connectivity index (χ1v) is 7.72. The first kappa shape index (κ1) is 17.3. The Bertz CT molecular complexity index is 699. The molecule has 0 aliphatic heterocycles. The number of hydrogen-bond acceptors (Lipinski definition) is 4. The van der Waals surface area contributed by atoms with Gasteiger partial charge in [0.1, 0.15) is 0 Å². The highest BCUT2D eigenvalue weighted by molar-refractivity contribution is 5.95. The zero-order valence-corrected chi connectivity index (χ0v) is 13.6. The van der Waals surface area contributed by atoms with Crippen LogP contribution in [-0.4, -0.2) is 32.9 Å². The van der Waals surface area contributed by atoms with Crippen molar-refractivity contribution in [3.8, 4) is 11.4 Å². The maximum atomic E-state index is 12.0. The van der Waals surface area contributed by atoms with E-state index in [0.29, 0.717) is 5.69 Å². The number of carbonyl (C=O) groups is 2. The smallest absolute Gasteiger partial charge is 0.333 e. The number of hydrazine groups is 1. The van der Waals surface area contributed by atoms with E-state index in [1.54, 1.807) is 12.1 Å². The Morgan fingerprint density at radius 1 is 1.25 bits per heavy atom. The zero-order chi connectivity index (χ0) is 17.5. The Morgan fingerprint density at radius 2 is 1.96 bits per heavy atom. The fourth-order valence-corrected chi connectivity index (χ4v) is 2.18. The van der Waals surface area contributed by atoms with Crippen molar-refractivity contribution in [1.29, 1.82) is 0 Å². The molecule has 0 saturated heterocycles. The Balaban J connectivity index is 1.96. The van der Waals surface area contributed by atoms with Crippen molar-refractivity contribution in [3.05, 3.63) is 42.2 Å². The summed E-state index contributed by atoms with van der Waals surface area (Å²) in [5.74, 6) is -0.988. The monoisotopic (exact) mass is 331 g/mol. The van der Waals surface area contributed by atoms with Crippen molar-refractivity contribution in [2.75, 3.05) is 0 Å². The van der Waals surface area contributed by atoms with Crippen LogP contribution in [0.25, 0.3) is 5.69 Å². The van der Waals surface area contributed by atoms with E-state index < -0.39 is 11.9 Å². The number of nitrogens with one attached hydrogen (secondary N) is 3. The molecule has 4 N–H and O–H groups in total. The summed E-state index contributed by atoms with van der Waals surface area (Å²) in [6, 6.07) is 8.53. The molecular weight excluding hydrogens is 310 g/mol. The molecule has 0 spiro atoms. The number of urea groups is 1. The molecule has 1 aromatic heterocycles. The number of amides is 3. The molecule has 0 fully saturated rings. The summed E-state index contributed by atoms with van der Waals surface area (Å²) in [6.45, 7) is 3.89. The molecule has 8 nitrogen and oxygen atoms in total. The highest BCUT2D eigenvalue weighted by Gasteiger charge is 2.18. The average molecular weight is 331 g/mol. The number of aromatic hydroxyl groups is 1. The maximum absolute atomic E-state index is 12.0. The third-order valence-corrected chi connectivity index (χ3v) is 3.32. The number of para-hydroxylation sites is 1. The van der Waals surface area contributed by atoms with Gasteiger partial charge in [0.05, 0.1) is 11.9 Å². The van der Waals surface area contributed by atoms with Crippen LogP contribution in [0.5, 0.6) is 5.75 Å². The molecule has 2 aromatic rings. The third-order valence-electron chi connectivity index (χ3n) is 3.32. The molecule has 1 unspecified atom stereocenters. The number of aromatic nitrogens is 2. The van der Waals surface area contributed by atoms with Crippen LogP contribution in [0.1, 0.15) is 37.2 Å². The highest BCUT2D eigenvalue weighted by atomic mass is 16.3. The molecule has 1 atom stereocenters. The summed E-state index contributed by atoms with van der Waals surface area (Å²) in [7, 11) is 0. The summed E-state index contributed by atoms with van der Waals surface area (Å²) in [5, 5.41) is 16.6. The van der Waals surface area contributed by atoms with Gasteiger partial charge in [0.25, 0.3) is 5.91 Å². The van der Waals surface area contributed by atoms with Crippen LogP contribution in [0.4, 0.5) is 4.79 Å². The van der Waals surface area contributed by atoms with Crippen molar-refractivity contribution in [3.63, 3.8) is 0 Å². The molecule has 128 valence electrons. The zero-order valence-electron chi connectivity index (χ0n) is 13.6. The molecule has 1 aromatic carbocycles. The summed E-state index contributed by atoms with van der Waals surface area (Å²) in [6.07, 6.45) is 3.11. The molecule has 0 radical (unpaired) electrons. The van der Waals surface area contributed by atoms with Gasteiger partial charge in [-0.3, -0.25) is 10.2 Å². The molecule has 1 heterocycles. The molecule has 0 aliphatic rings. The molecule has 2 rings (SSSR count). The SMILES string of the molecule is CCCC(C)NC(=O)NNC(=O)c1nn(-c2ccccc2)cc1O. The highest BCUT2D eigenvalue weighted by Crippen LogP contribution is 2.17. The molecule has 8 heteroatoms. The van der Waals surface area contributed by atoms with Crippen LogP contribution in [-0.2, 0) is 0 Å². The Kier molecular flexibility index (Phi) is 5.78. The van der Waals surface area contributed by atoms with Gasteiger partial charge in [0.15, 0.2) is 11.4 Å². The predicted molar refractivity (Wildman–Crippen MR) is 88.7 cm³/mol. The largest absolute Gasteiger partial charge is 0.504 e. The Hall–Kier alpha value is -3.03. The van der Waals surface area contributed by atoms with Gasteiger partial charge >= 0.3 is 6.03 Å². The van der Waals surface area contributed by atoms with Crippen molar-refractivity contribution < 1.29 is 14.7 Å². The van der Waals surface area contributed by atoms with Crippen molar-refractivity contribution >= 4 is 11.9 Å². The third kappa shape index (κ3) is 4.48. The second-order valence-electron chi connectivity index (χ2n) is 5.39. The number of nitrogens with zero attached hydrogens (tertiary/aromatic N) is 2. The van der Waals surface area contributed by atoms with E-state index in [2.05, 4.69) is 21.3 Å². The fourth-order valence-electron chi connectivity index (χ4n) is 2.18. The summed E-state index contributed by atoms with van der Waals surface area (Å²) in [4.78, 5) is 23.7. The lowest BCUT2D eigenvalue weighted by Gasteiger charge is -2.13.